The van der Waals surface area contributed by atoms with Gasteiger partial charge in [-0.15, -0.1) is 0 Å². The minimum Gasteiger partial charge on any atom is -0.393 e. The Morgan fingerprint density at radius 3 is 2.14 bits per heavy atom. The van der Waals surface area contributed by atoms with Crippen LogP contribution < -0.4 is 0 Å². The molecule has 1 N–H and O–H groups in total. The predicted octanol–water partition coefficient (Wildman–Crippen LogP) is 1.23. The zero-order valence-corrected chi connectivity index (χ0v) is 5.02. The molecule has 0 spiro atoms. The molecule has 1 radical (unpaired) electrons. The molecule has 0 saturated carbocycles. The molecule has 1 nitrogen and oxygen atoms in total. The zero-order chi connectivity index (χ0) is 5.86. The van der Waals surface area contributed by atoms with Crippen molar-refractivity contribution in [2.75, 3.05) is 0 Å². The molecular formula is C6H13O. The van der Waals surface area contributed by atoms with Gasteiger partial charge in [0.25, 0.3) is 0 Å². The van der Waals surface area contributed by atoms with Crippen molar-refractivity contribution in [2.45, 2.75) is 26.4 Å². The van der Waals surface area contributed by atoms with Gasteiger partial charge >= 0.3 is 0 Å². The third-order valence-electron chi connectivity index (χ3n) is 1.21. The molecule has 0 fully saturated rings. The first-order chi connectivity index (χ1) is 3.18. The van der Waals surface area contributed by atoms with Crippen LogP contribution in [0.4, 0.5) is 0 Å². The minimum absolute atomic E-state index is 0.208. The van der Waals surface area contributed by atoms with Gasteiger partial charge in [-0.2, -0.15) is 0 Å². The number of aliphatic hydroxyl groups excluding tert-OH is 1. The Hall–Kier alpha value is -0.0400. The number of hydrogen-bond donors (Lipinski definition) is 1. The van der Waals surface area contributed by atoms with Gasteiger partial charge in [-0.25, -0.2) is 0 Å². The summed E-state index contributed by atoms with van der Waals surface area (Å²) in [5.74, 6) is 0.208. The summed E-state index contributed by atoms with van der Waals surface area (Å²) in [5.41, 5.74) is 0. The molecular weight excluding hydrogens is 88.1 g/mol. The Bertz CT molecular complexity index is 41.4. The van der Waals surface area contributed by atoms with Crippen molar-refractivity contribution < 1.29 is 5.11 Å². The first-order valence-electron chi connectivity index (χ1n) is 2.69. The molecule has 0 amide bonds. The summed E-state index contributed by atoms with van der Waals surface area (Å²) in [4.78, 5) is 0. The lowest BCUT2D eigenvalue weighted by Crippen LogP contribution is -2.11. The second kappa shape index (κ2) is 3.03. The van der Waals surface area contributed by atoms with Crippen molar-refractivity contribution in [1.82, 2.24) is 0 Å². The van der Waals surface area contributed by atoms with Gasteiger partial charge < -0.3 is 5.11 Å². The van der Waals surface area contributed by atoms with Crippen molar-refractivity contribution in [1.29, 1.82) is 0 Å². The molecule has 0 heterocycles. The highest BCUT2D eigenvalue weighted by atomic mass is 16.3. The summed E-state index contributed by atoms with van der Waals surface area (Å²) >= 11 is 0. The molecule has 7 heavy (non-hydrogen) atoms. The SMILES string of the molecule is [CH2]C(CC)C(C)O. The van der Waals surface area contributed by atoms with Gasteiger partial charge in [0.1, 0.15) is 0 Å². The van der Waals surface area contributed by atoms with Crippen LogP contribution in [-0.4, -0.2) is 11.2 Å². The smallest absolute Gasteiger partial charge is 0.0540 e. The molecule has 0 rings (SSSR count). The highest BCUT2D eigenvalue weighted by Gasteiger charge is 2.03. The lowest BCUT2D eigenvalue weighted by atomic mass is 10.0. The number of hydrogen-bond acceptors (Lipinski definition) is 1. The van der Waals surface area contributed by atoms with Crippen LogP contribution in [0.2, 0.25) is 0 Å². The van der Waals surface area contributed by atoms with E-state index in [9.17, 15) is 0 Å². The summed E-state index contributed by atoms with van der Waals surface area (Å²) in [6.07, 6.45) is 0.711. The lowest BCUT2D eigenvalue weighted by molar-refractivity contribution is 0.145. The van der Waals surface area contributed by atoms with E-state index in [-0.39, 0.29) is 12.0 Å². The summed E-state index contributed by atoms with van der Waals surface area (Å²) < 4.78 is 0. The quantitative estimate of drug-likeness (QED) is 0.554. The normalized spacial score (nSPS) is 18.9. The van der Waals surface area contributed by atoms with E-state index in [0.29, 0.717) is 0 Å². The first kappa shape index (κ1) is 6.96. The van der Waals surface area contributed by atoms with Crippen LogP contribution in [0.3, 0.4) is 0 Å². The fourth-order valence-corrected chi connectivity index (χ4v) is 0.341. The maximum atomic E-state index is 8.76. The molecule has 0 saturated heterocycles. The Morgan fingerprint density at radius 2 is 2.14 bits per heavy atom. The van der Waals surface area contributed by atoms with Crippen molar-refractivity contribution in [3.63, 3.8) is 0 Å². The Labute approximate surface area is 45.4 Å². The Kier molecular flexibility index (Phi) is 3.01. The van der Waals surface area contributed by atoms with Crippen LogP contribution in [0.15, 0.2) is 0 Å². The summed E-state index contributed by atoms with van der Waals surface area (Å²) in [6.45, 7) is 7.49. The first-order valence-corrected chi connectivity index (χ1v) is 2.69. The van der Waals surface area contributed by atoms with Crippen molar-refractivity contribution in [3.05, 3.63) is 6.92 Å². The van der Waals surface area contributed by atoms with Crippen LogP contribution in [0.25, 0.3) is 0 Å². The fourth-order valence-electron chi connectivity index (χ4n) is 0.341. The van der Waals surface area contributed by atoms with Crippen LogP contribution in [0.5, 0.6) is 0 Å². The van der Waals surface area contributed by atoms with E-state index in [0.717, 1.165) is 6.42 Å². The standard InChI is InChI=1S/C6H13O/c1-4-5(2)6(3)7/h5-7H,2,4H2,1,3H3. The van der Waals surface area contributed by atoms with E-state index < -0.39 is 0 Å². The average molecular weight is 101 g/mol. The van der Waals surface area contributed by atoms with Gasteiger partial charge in [0.2, 0.25) is 0 Å². The van der Waals surface area contributed by atoms with E-state index in [1.807, 2.05) is 6.92 Å². The third-order valence-corrected chi connectivity index (χ3v) is 1.21. The maximum absolute atomic E-state index is 8.76. The maximum Gasteiger partial charge on any atom is 0.0540 e. The van der Waals surface area contributed by atoms with Crippen LogP contribution >= 0.6 is 0 Å². The molecule has 0 bridgehead atoms. The molecule has 0 aromatic heterocycles. The molecule has 2 atom stereocenters. The lowest BCUT2D eigenvalue weighted by Gasteiger charge is -2.09. The van der Waals surface area contributed by atoms with E-state index in [1.54, 1.807) is 6.92 Å². The third kappa shape index (κ3) is 2.63. The van der Waals surface area contributed by atoms with Gasteiger partial charge in [0.15, 0.2) is 0 Å². The summed E-state index contributed by atoms with van der Waals surface area (Å²) in [5, 5.41) is 8.76. The number of aliphatic hydroxyl groups is 1. The Balaban J connectivity index is 3.14. The Morgan fingerprint density at radius 1 is 1.71 bits per heavy atom. The van der Waals surface area contributed by atoms with Crippen LogP contribution in [0.1, 0.15) is 20.3 Å². The highest BCUT2D eigenvalue weighted by Crippen LogP contribution is 2.04. The molecule has 43 valence electrons. The second-order valence-corrected chi connectivity index (χ2v) is 1.91. The van der Waals surface area contributed by atoms with Gasteiger partial charge in [-0.3, -0.25) is 0 Å². The largest absolute Gasteiger partial charge is 0.393 e. The van der Waals surface area contributed by atoms with Crippen LogP contribution in [0, 0.1) is 12.8 Å². The molecule has 2 unspecified atom stereocenters. The topological polar surface area (TPSA) is 20.2 Å². The molecule has 0 aliphatic rings. The molecule has 1 heteroatoms. The average Bonchev–Trinajstić information content (AvgIpc) is 1.65. The number of rotatable bonds is 2. The fraction of sp³-hybridized carbons (Fsp3) is 0.833. The van der Waals surface area contributed by atoms with E-state index in [1.165, 1.54) is 0 Å². The van der Waals surface area contributed by atoms with Crippen molar-refractivity contribution >= 4 is 0 Å². The van der Waals surface area contributed by atoms with Gasteiger partial charge in [0.05, 0.1) is 6.10 Å². The van der Waals surface area contributed by atoms with Gasteiger partial charge in [0, 0.05) is 0 Å². The molecule has 0 aromatic carbocycles. The summed E-state index contributed by atoms with van der Waals surface area (Å²) in [6, 6.07) is 0. The molecule has 0 aliphatic carbocycles. The minimum atomic E-state index is -0.245. The van der Waals surface area contributed by atoms with E-state index in [4.69, 9.17) is 5.11 Å². The van der Waals surface area contributed by atoms with E-state index in [2.05, 4.69) is 6.92 Å². The second-order valence-electron chi connectivity index (χ2n) is 1.91. The monoisotopic (exact) mass is 101 g/mol. The van der Waals surface area contributed by atoms with Crippen molar-refractivity contribution in [3.8, 4) is 0 Å². The van der Waals surface area contributed by atoms with Crippen LogP contribution in [-0.2, 0) is 0 Å². The zero-order valence-electron chi connectivity index (χ0n) is 5.02. The molecule has 0 aliphatic heterocycles. The van der Waals surface area contributed by atoms with E-state index >= 15 is 0 Å². The predicted molar refractivity (Wildman–Crippen MR) is 30.8 cm³/mol. The van der Waals surface area contributed by atoms with Gasteiger partial charge in [-0.1, -0.05) is 13.3 Å². The van der Waals surface area contributed by atoms with Crippen molar-refractivity contribution in [2.24, 2.45) is 5.92 Å². The molecule has 0 aromatic rings. The van der Waals surface area contributed by atoms with Gasteiger partial charge in [-0.05, 0) is 19.8 Å². The highest BCUT2D eigenvalue weighted by molar-refractivity contribution is 4.63. The summed E-state index contributed by atoms with van der Waals surface area (Å²) in [7, 11) is 0.